The summed E-state index contributed by atoms with van der Waals surface area (Å²) in [6, 6.07) is 14.9. The van der Waals surface area contributed by atoms with Crippen molar-refractivity contribution in [2.45, 2.75) is 13.5 Å². The van der Waals surface area contributed by atoms with Gasteiger partial charge in [-0.1, -0.05) is 42.5 Å². The highest BCUT2D eigenvalue weighted by Gasteiger charge is 2.16. The zero-order chi connectivity index (χ0) is 15.9. The highest BCUT2D eigenvalue weighted by Crippen LogP contribution is 2.23. The highest BCUT2D eigenvalue weighted by atomic mass is 16.5. The van der Waals surface area contributed by atoms with Crippen LogP contribution in [0.4, 0.5) is 0 Å². The first-order chi connectivity index (χ1) is 10.7. The number of esters is 1. The number of para-hydroxylation sites is 1. The van der Waals surface area contributed by atoms with Gasteiger partial charge in [0.1, 0.15) is 17.9 Å². The summed E-state index contributed by atoms with van der Waals surface area (Å²) in [5.41, 5.74) is 2.51. The van der Waals surface area contributed by atoms with Crippen LogP contribution in [0.15, 0.2) is 54.8 Å². The number of rotatable bonds is 5. The van der Waals surface area contributed by atoms with Gasteiger partial charge in [0.2, 0.25) is 0 Å². The number of carbonyl (C=O) groups is 1. The highest BCUT2D eigenvalue weighted by molar-refractivity contribution is 6.16. The normalized spacial score (nSPS) is 11.1. The number of aliphatic hydroxyl groups is 1. The number of hydrogen-bond donors (Lipinski definition) is 1. The zero-order valence-corrected chi connectivity index (χ0v) is 12.6. The second-order valence-electron chi connectivity index (χ2n) is 4.75. The Kier molecular flexibility index (Phi) is 5.20. The molecule has 0 amide bonds. The van der Waals surface area contributed by atoms with Crippen LogP contribution in [0.1, 0.15) is 16.7 Å². The molecule has 114 valence electrons. The third-order valence-corrected chi connectivity index (χ3v) is 3.32. The molecule has 4 nitrogen and oxygen atoms in total. The van der Waals surface area contributed by atoms with Gasteiger partial charge in [-0.2, -0.15) is 0 Å². The molecule has 0 aliphatic rings. The summed E-state index contributed by atoms with van der Waals surface area (Å²) in [7, 11) is 1.28. The lowest BCUT2D eigenvalue weighted by atomic mass is 10.0. The van der Waals surface area contributed by atoms with Crippen LogP contribution < -0.4 is 4.74 Å². The van der Waals surface area contributed by atoms with Crippen LogP contribution in [0.5, 0.6) is 5.75 Å². The average molecular weight is 298 g/mol. The van der Waals surface area contributed by atoms with Gasteiger partial charge in [-0.25, -0.2) is 4.79 Å². The van der Waals surface area contributed by atoms with E-state index in [1.807, 2.05) is 43.3 Å². The van der Waals surface area contributed by atoms with E-state index in [1.54, 1.807) is 12.1 Å². The van der Waals surface area contributed by atoms with Gasteiger partial charge in [-0.15, -0.1) is 0 Å². The maximum Gasteiger partial charge on any atom is 0.341 e. The summed E-state index contributed by atoms with van der Waals surface area (Å²) in [5.74, 6) is 0.191. The molecule has 2 rings (SSSR count). The third-order valence-electron chi connectivity index (χ3n) is 3.32. The van der Waals surface area contributed by atoms with Crippen molar-refractivity contribution in [2.24, 2.45) is 0 Å². The van der Waals surface area contributed by atoms with Gasteiger partial charge in [0.15, 0.2) is 0 Å². The van der Waals surface area contributed by atoms with Gasteiger partial charge in [-0.05, 0) is 29.7 Å². The fraction of sp³-hybridized carbons (Fsp3) is 0.167. The van der Waals surface area contributed by atoms with Crippen molar-refractivity contribution in [2.75, 3.05) is 7.11 Å². The van der Waals surface area contributed by atoms with E-state index in [-0.39, 0.29) is 12.2 Å². The quantitative estimate of drug-likeness (QED) is 0.520. The van der Waals surface area contributed by atoms with Crippen molar-refractivity contribution < 1.29 is 19.4 Å². The van der Waals surface area contributed by atoms with Crippen LogP contribution in [-0.4, -0.2) is 18.2 Å². The van der Waals surface area contributed by atoms with Gasteiger partial charge in [0.25, 0.3) is 0 Å². The van der Waals surface area contributed by atoms with Crippen molar-refractivity contribution >= 4 is 11.5 Å². The maximum atomic E-state index is 11.7. The Morgan fingerprint density at radius 2 is 1.82 bits per heavy atom. The van der Waals surface area contributed by atoms with Crippen LogP contribution in [0.2, 0.25) is 0 Å². The molecular formula is C18H18O4. The molecule has 0 aliphatic heterocycles. The number of ether oxygens (including phenoxy) is 2. The number of carbonyl (C=O) groups excluding carboxylic acids is 1. The molecule has 0 unspecified atom stereocenters. The number of benzene rings is 2. The van der Waals surface area contributed by atoms with Gasteiger partial charge < -0.3 is 14.6 Å². The van der Waals surface area contributed by atoms with E-state index >= 15 is 0 Å². The molecule has 0 saturated carbocycles. The standard InChI is InChI=1S/C18H18O4/c1-13-7-3-6-10-17(13)22-12-14-8-4-5-9-15(14)16(11-19)18(20)21-2/h3-11,19H,12H2,1-2H3. The summed E-state index contributed by atoms with van der Waals surface area (Å²) in [4.78, 5) is 11.7. The summed E-state index contributed by atoms with van der Waals surface area (Å²) >= 11 is 0. The smallest absolute Gasteiger partial charge is 0.341 e. The minimum absolute atomic E-state index is 0.103. The molecule has 0 atom stereocenters. The Hall–Kier alpha value is -2.75. The molecule has 4 heteroatoms. The first-order valence-corrected chi connectivity index (χ1v) is 6.86. The minimum atomic E-state index is -0.592. The van der Waals surface area contributed by atoms with Crippen LogP contribution in [0, 0.1) is 6.92 Å². The van der Waals surface area contributed by atoms with Crippen LogP contribution in [0.3, 0.4) is 0 Å². The Balaban J connectivity index is 2.26. The third kappa shape index (κ3) is 3.47. The molecule has 0 aliphatic carbocycles. The van der Waals surface area contributed by atoms with E-state index < -0.39 is 5.97 Å². The maximum absolute atomic E-state index is 11.7. The number of aryl methyl sites for hydroxylation is 1. The second kappa shape index (κ2) is 7.31. The Morgan fingerprint density at radius 3 is 2.50 bits per heavy atom. The topological polar surface area (TPSA) is 55.8 Å². The first-order valence-electron chi connectivity index (χ1n) is 6.86. The average Bonchev–Trinajstić information content (AvgIpc) is 2.55. The van der Waals surface area contributed by atoms with Crippen molar-refractivity contribution in [3.63, 3.8) is 0 Å². The summed E-state index contributed by atoms with van der Waals surface area (Å²) in [6.45, 7) is 2.25. The van der Waals surface area contributed by atoms with E-state index in [1.165, 1.54) is 7.11 Å². The number of aliphatic hydroxyl groups excluding tert-OH is 1. The van der Waals surface area contributed by atoms with E-state index in [0.717, 1.165) is 23.1 Å². The zero-order valence-electron chi connectivity index (χ0n) is 12.6. The molecule has 0 saturated heterocycles. The molecular weight excluding hydrogens is 280 g/mol. The second-order valence-corrected chi connectivity index (χ2v) is 4.75. The predicted octanol–water partition coefficient (Wildman–Crippen LogP) is 3.65. The molecule has 0 radical (unpaired) electrons. The van der Waals surface area contributed by atoms with Crippen LogP contribution in [0.25, 0.3) is 5.57 Å². The molecule has 0 spiro atoms. The Labute approximate surface area is 129 Å². The molecule has 0 bridgehead atoms. The van der Waals surface area contributed by atoms with Gasteiger partial charge in [-0.3, -0.25) is 0 Å². The lowest BCUT2D eigenvalue weighted by Crippen LogP contribution is -2.08. The molecule has 22 heavy (non-hydrogen) atoms. The monoisotopic (exact) mass is 298 g/mol. The Bertz CT molecular complexity index is 689. The van der Waals surface area contributed by atoms with Crippen LogP contribution >= 0.6 is 0 Å². The molecule has 1 N–H and O–H groups in total. The van der Waals surface area contributed by atoms with Crippen LogP contribution in [-0.2, 0) is 16.1 Å². The lowest BCUT2D eigenvalue weighted by molar-refractivity contribution is -0.133. The minimum Gasteiger partial charge on any atom is -0.515 e. The lowest BCUT2D eigenvalue weighted by Gasteiger charge is -2.13. The Morgan fingerprint density at radius 1 is 1.14 bits per heavy atom. The summed E-state index contributed by atoms with van der Waals surface area (Å²) in [5, 5.41) is 9.33. The van der Waals surface area contributed by atoms with E-state index in [9.17, 15) is 9.90 Å². The molecule has 2 aromatic carbocycles. The predicted molar refractivity (Wildman–Crippen MR) is 84.6 cm³/mol. The summed E-state index contributed by atoms with van der Waals surface area (Å²) in [6.07, 6.45) is 0.762. The van der Waals surface area contributed by atoms with Crippen molar-refractivity contribution in [3.8, 4) is 5.75 Å². The fourth-order valence-corrected chi connectivity index (χ4v) is 2.12. The molecule has 0 fully saturated rings. The number of methoxy groups -OCH3 is 1. The first kappa shape index (κ1) is 15.6. The molecule has 0 heterocycles. The fourth-order valence-electron chi connectivity index (χ4n) is 2.12. The van der Waals surface area contributed by atoms with Gasteiger partial charge in [0.05, 0.1) is 13.4 Å². The molecule has 0 aromatic heterocycles. The van der Waals surface area contributed by atoms with Gasteiger partial charge >= 0.3 is 5.97 Å². The number of hydrogen-bond acceptors (Lipinski definition) is 4. The van der Waals surface area contributed by atoms with Crippen molar-refractivity contribution in [3.05, 3.63) is 71.5 Å². The molecule has 2 aromatic rings. The van der Waals surface area contributed by atoms with Crippen molar-refractivity contribution in [1.82, 2.24) is 0 Å². The van der Waals surface area contributed by atoms with E-state index in [0.29, 0.717) is 5.56 Å². The largest absolute Gasteiger partial charge is 0.515 e. The van der Waals surface area contributed by atoms with Gasteiger partial charge in [0, 0.05) is 0 Å². The van der Waals surface area contributed by atoms with Crippen molar-refractivity contribution in [1.29, 1.82) is 0 Å². The van der Waals surface area contributed by atoms with E-state index in [2.05, 4.69) is 4.74 Å². The summed E-state index contributed by atoms with van der Waals surface area (Å²) < 4.78 is 10.5. The SMILES string of the molecule is COC(=O)C(=CO)c1ccccc1COc1ccccc1C. The van der Waals surface area contributed by atoms with E-state index in [4.69, 9.17) is 4.74 Å².